The van der Waals surface area contributed by atoms with Gasteiger partial charge in [-0.3, -0.25) is 9.79 Å². The molecule has 2 heterocycles. The second-order valence-corrected chi connectivity index (χ2v) is 4.20. The van der Waals surface area contributed by atoms with E-state index in [4.69, 9.17) is 17.3 Å². The summed E-state index contributed by atoms with van der Waals surface area (Å²) in [5.74, 6) is -0.490. The zero-order valence-electron chi connectivity index (χ0n) is 9.83. The lowest BCUT2D eigenvalue weighted by Crippen LogP contribution is -2.30. The van der Waals surface area contributed by atoms with E-state index in [1.165, 1.54) is 0 Å². The van der Waals surface area contributed by atoms with Gasteiger partial charge in [-0.15, -0.1) is 0 Å². The highest BCUT2D eigenvalue weighted by atomic mass is 35.5. The van der Waals surface area contributed by atoms with Gasteiger partial charge in [0, 0.05) is 0 Å². The second-order valence-electron chi connectivity index (χ2n) is 3.84. The van der Waals surface area contributed by atoms with Crippen molar-refractivity contribution in [3.8, 4) is 0 Å². The van der Waals surface area contributed by atoms with Crippen LogP contribution in [-0.2, 0) is 6.18 Å². The van der Waals surface area contributed by atoms with Crippen molar-refractivity contribution in [1.82, 2.24) is 10.3 Å². The van der Waals surface area contributed by atoms with E-state index >= 15 is 0 Å². The van der Waals surface area contributed by atoms with Crippen molar-refractivity contribution in [2.45, 2.75) is 6.18 Å². The Hall–Kier alpha value is -2.09. The summed E-state index contributed by atoms with van der Waals surface area (Å²) in [5, 5.41) is 1.53. The van der Waals surface area contributed by atoms with Crippen LogP contribution in [0.3, 0.4) is 0 Å². The van der Waals surface area contributed by atoms with Crippen molar-refractivity contribution in [2.24, 2.45) is 4.99 Å². The van der Waals surface area contributed by atoms with Crippen LogP contribution in [0.4, 0.5) is 18.9 Å². The summed E-state index contributed by atoms with van der Waals surface area (Å²) in [5.41, 5.74) is 3.44. The molecule has 1 aromatic rings. The van der Waals surface area contributed by atoms with E-state index in [-0.39, 0.29) is 11.5 Å². The number of nitrogens with one attached hydrogen (secondary N) is 1. The number of nitrogens with zero attached hydrogens (tertiary/aromatic N) is 2. The Bertz CT molecular complexity index is 625. The number of halogens is 4. The number of amides is 1. The minimum atomic E-state index is -4.69. The van der Waals surface area contributed by atoms with Gasteiger partial charge in [-0.1, -0.05) is 17.7 Å². The molecule has 1 amide bonds. The molecule has 2 rings (SSSR count). The molecule has 0 fully saturated rings. The molecule has 0 saturated heterocycles. The molecule has 1 aliphatic rings. The molecular formula is C11H8ClF3N4O. The van der Waals surface area contributed by atoms with Crippen molar-refractivity contribution in [3.05, 3.63) is 34.6 Å². The molecule has 0 aromatic carbocycles. The predicted octanol–water partition coefficient (Wildman–Crippen LogP) is 2.03. The number of hydrogen-bond acceptors (Lipinski definition) is 4. The number of alkyl halides is 3. The summed E-state index contributed by atoms with van der Waals surface area (Å²) in [6, 6.07) is 0.580. The fourth-order valence-corrected chi connectivity index (χ4v) is 1.76. The van der Waals surface area contributed by atoms with Gasteiger partial charge in [0.05, 0.1) is 17.8 Å². The fourth-order valence-electron chi connectivity index (χ4n) is 1.51. The molecule has 1 aliphatic heterocycles. The Morgan fingerprint density at radius 2 is 2.15 bits per heavy atom. The normalized spacial score (nSPS) is 14.3. The highest BCUT2D eigenvalue weighted by Gasteiger charge is 2.35. The van der Waals surface area contributed by atoms with Crippen molar-refractivity contribution in [2.75, 3.05) is 12.3 Å². The van der Waals surface area contributed by atoms with Crippen LogP contribution in [-0.4, -0.2) is 23.3 Å². The molecule has 0 bridgehead atoms. The molecule has 0 radical (unpaired) electrons. The van der Waals surface area contributed by atoms with E-state index in [1.807, 2.05) is 0 Å². The summed E-state index contributed by atoms with van der Waals surface area (Å²) < 4.78 is 37.7. The summed E-state index contributed by atoms with van der Waals surface area (Å²) in [6.45, 7) is 0.423. The van der Waals surface area contributed by atoms with Crippen molar-refractivity contribution < 1.29 is 18.0 Å². The standard InChI is InChI=1S/C11H8ClF3N4O/c12-9-5(11(13,14)15)4-6(16)8(19-9)10(20)18-7-2-1-3-17-7/h1-2,4H,3,16H2,(H,17,18,20). The average Bonchev–Trinajstić information content (AvgIpc) is 2.82. The summed E-state index contributed by atoms with van der Waals surface area (Å²) in [7, 11) is 0. The second kappa shape index (κ2) is 5.12. The third kappa shape index (κ3) is 2.90. The van der Waals surface area contributed by atoms with E-state index in [0.717, 1.165) is 0 Å². The van der Waals surface area contributed by atoms with Gasteiger partial charge >= 0.3 is 6.18 Å². The lowest BCUT2D eigenvalue weighted by Gasteiger charge is -2.12. The number of rotatable bonds is 1. The number of carbonyl (C=O) groups excluding carboxylic acids is 1. The van der Waals surface area contributed by atoms with Crippen LogP contribution in [0.15, 0.2) is 23.2 Å². The molecule has 0 spiro atoms. The monoisotopic (exact) mass is 304 g/mol. The number of anilines is 1. The largest absolute Gasteiger partial charge is 0.419 e. The SMILES string of the molecule is Nc1cc(C(F)(F)F)c(Cl)nc1C(=O)NC1=NCC=C1. The van der Waals surface area contributed by atoms with Crippen molar-refractivity contribution in [3.63, 3.8) is 0 Å². The maximum Gasteiger partial charge on any atom is 0.419 e. The van der Waals surface area contributed by atoms with E-state index < -0.39 is 28.5 Å². The third-order valence-electron chi connectivity index (χ3n) is 2.41. The van der Waals surface area contributed by atoms with Crippen molar-refractivity contribution >= 4 is 29.0 Å². The molecule has 0 aliphatic carbocycles. The maximum atomic E-state index is 12.6. The van der Waals surface area contributed by atoms with Crippen LogP contribution in [0, 0.1) is 0 Å². The highest BCUT2D eigenvalue weighted by molar-refractivity contribution is 6.30. The average molecular weight is 305 g/mol. The number of nitrogen functional groups attached to an aromatic ring is 1. The number of hydrogen-bond donors (Lipinski definition) is 2. The molecule has 1 aromatic heterocycles. The first-order chi connectivity index (χ1) is 9.29. The first kappa shape index (κ1) is 14.3. The summed E-state index contributed by atoms with van der Waals surface area (Å²) in [6.07, 6.45) is -1.43. The molecule has 3 N–H and O–H groups in total. The Balaban J connectivity index is 2.31. The highest BCUT2D eigenvalue weighted by Crippen LogP contribution is 2.35. The van der Waals surface area contributed by atoms with Crippen LogP contribution < -0.4 is 11.1 Å². The molecule has 5 nitrogen and oxygen atoms in total. The smallest absolute Gasteiger partial charge is 0.397 e. The van der Waals surface area contributed by atoms with E-state index in [0.29, 0.717) is 12.6 Å². The molecule has 20 heavy (non-hydrogen) atoms. The molecule has 9 heteroatoms. The number of pyridine rings is 1. The fraction of sp³-hybridized carbons (Fsp3) is 0.182. The predicted molar refractivity (Wildman–Crippen MR) is 67.6 cm³/mol. The number of aromatic nitrogens is 1. The minimum Gasteiger partial charge on any atom is -0.397 e. The first-order valence-corrected chi connectivity index (χ1v) is 5.72. The molecule has 0 unspecified atom stereocenters. The Labute approximate surface area is 116 Å². The zero-order valence-corrected chi connectivity index (χ0v) is 10.6. The number of nitrogens with two attached hydrogens (primary N) is 1. The number of amidine groups is 1. The van der Waals surface area contributed by atoms with Crippen LogP contribution in [0.2, 0.25) is 5.15 Å². The van der Waals surface area contributed by atoms with Gasteiger partial charge in [-0.25, -0.2) is 4.98 Å². The Morgan fingerprint density at radius 3 is 2.70 bits per heavy atom. The van der Waals surface area contributed by atoms with Gasteiger partial charge in [-0.2, -0.15) is 13.2 Å². The van der Waals surface area contributed by atoms with Gasteiger partial charge in [-0.05, 0) is 12.1 Å². The van der Waals surface area contributed by atoms with E-state index in [9.17, 15) is 18.0 Å². The topological polar surface area (TPSA) is 80.4 Å². The summed E-state index contributed by atoms with van der Waals surface area (Å²) in [4.78, 5) is 19.1. The lowest BCUT2D eigenvalue weighted by molar-refractivity contribution is -0.137. The third-order valence-corrected chi connectivity index (χ3v) is 2.70. The molecular weight excluding hydrogens is 297 g/mol. The molecule has 0 atom stereocenters. The molecule has 106 valence electrons. The lowest BCUT2D eigenvalue weighted by atomic mass is 10.2. The quantitative estimate of drug-likeness (QED) is 0.779. The van der Waals surface area contributed by atoms with Gasteiger partial charge in [0.25, 0.3) is 5.91 Å². The zero-order chi connectivity index (χ0) is 14.9. The summed E-state index contributed by atoms with van der Waals surface area (Å²) >= 11 is 5.44. The van der Waals surface area contributed by atoms with Crippen LogP contribution in [0.25, 0.3) is 0 Å². The maximum absolute atomic E-state index is 12.6. The minimum absolute atomic E-state index is 0.284. The van der Waals surface area contributed by atoms with Crippen molar-refractivity contribution in [1.29, 1.82) is 0 Å². The van der Waals surface area contributed by atoms with Gasteiger partial charge < -0.3 is 11.1 Å². The van der Waals surface area contributed by atoms with Crippen LogP contribution in [0.1, 0.15) is 16.1 Å². The van der Waals surface area contributed by atoms with Crippen LogP contribution >= 0.6 is 11.6 Å². The molecule has 0 saturated carbocycles. The Kier molecular flexibility index (Phi) is 3.67. The van der Waals surface area contributed by atoms with E-state index in [2.05, 4.69) is 15.3 Å². The number of carbonyl (C=O) groups is 1. The Morgan fingerprint density at radius 1 is 1.45 bits per heavy atom. The van der Waals surface area contributed by atoms with Gasteiger partial charge in [0.1, 0.15) is 11.0 Å². The van der Waals surface area contributed by atoms with Gasteiger partial charge in [0.15, 0.2) is 5.69 Å². The number of aliphatic imine (C=N–C) groups is 1. The van der Waals surface area contributed by atoms with Gasteiger partial charge in [0.2, 0.25) is 0 Å². The first-order valence-electron chi connectivity index (χ1n) is 5.34. The van der Waals surface area contributed by atoms with E-state index in [1.54, 1.807) is 12.2 Å². The van der Waals surface area contributed by atoms with Crippen LogP contribution in [0.5, 0.6) is 0 Å².